The summed E-state index contributed by atoms with van der Waals surface area (Å²) in [5.41, 5.74) is 0.801. The Morgan fingerprint density at radius 2 is 1.76 bits per heavy atom. The van der Waals surface area contributed by atoms with Gasteiger partial charge in [-0.3, -0.25) is 9.59 Å². The standard InChI is InChI=1S/C19H17FN2O3/c1-2-7-16(23)22-17-12-8-3-6-11-15(12)25-18(17)19(24)21-14-10-5-4-9-13(14)20/h3-6,8-11H,2,7H2,1H3,(H,21,24)(H,22,23). The minimum absolute atomic E-state index is 0.0405. The average molecular weight is 340 g/mol. The number of carbonyl (C=O) groups excluding carboxylic acids is 2. The molecule has 0 radical (unpaired) electrons. The quantitative estimate of drug-likeness (QED) is 0.715. The molecule has 0 atom stereocenters. The van der Waals surface area contributed by atoms with Crippen LogP contribution in [-0.2, 0) is 4.79 Å². The molecule has 6 heteroatoms. The van der Waals surface area contributed by atoms with Crippen LogP contribution in [0.5, 0.6) is 0 Å². The number of para-hydroxylation sites is 2. The van der Waals surface area contributed by atoms with E-state index in [2.05, 4.69) is 10.6 Å². The molecule has 2 N–H and O–H groups in total. The lowest BCUT2D eigenvalue weighted by molar-refractivity contribution is -0.116. The molecular weight excluding hydrogens is 323 g/mol. The highest BCUT2D eigenvalue weighted by Crippen LogP contribution is 2.31. The number of carbonyl (C=O) groups is 2. The summed E-state index contributed by atoms with van der Waals surface area (Å²) in [5.74, 6) is -1.46. The van der Waals surface area contributed by atoms with Gasteiger partial charge >= 0.3 is 0 Å². The largest absolute Gasteiger partial charge is 0.449 e. The van der Waals surface area contributed by atoms with Gasteiger partial charge in [0.15, 0.2) is 0 Å². The second-order valence-corrected chi connectivity index (χ2v) is 5.53. The van der Waals surface area contributed by atoms with Crippen LogP contribution >= 0.6 is 0 Å². The van der Waals surface area contributed by atoms with Crippen LogP contribution in [-0.4, -0.2) is 11.8 Å². The summed E-state index contributed by atoms with van der Waals surface area (Å²) in [5, 5.41) is 5.82. The van der Waals surface area contributed by atoms with Gasteiger partial charge in [0.1, 0.15) is 17.1 Å². The number of benzene rings is 2. The first-order valence-corrected chi connectivity index (χ1v) is 7.97. The molecule has 0 spiro atoms. The highest BCUT2D eigenvalue weighted by Gasteiger charge is 2.22. The van der Waals surface area contributed by atoms with Crippen molar-refractivity contribution in [3.05, 3.63) is 60.1 Å². The Hall–Kier alpha value is -3.15. The van der Waals surface area contributed by atoms with Crippen LogP contribution < -0.4 is 10.6 Å². The molecule has 0 saturated heterocycles. The molecule has 0 aliphatic carbocycles. The molecule has 0 fully saturated rings. The lowest BCUT2D eigenvalue weighted by atomic mass is 10.2. The van der Waals surface area contributed by atoms with Crippen LogP contribution in [0, 0.1) is 5.82 Å². The Bertz CT molecular complexity index is 933. The molecule has 0 aliphatic heterocycles. The van der Waals surface area contributed by atoms with Gasteiger partial charge in [0.2, 0.25) is 11.7 Å². The summed E-state index contributed by atoms with van der Waals surface area (Å²) in [6.45, 7) is 1.89. The lowest BCUT2D eigenvalue weighted by Crippen LogP contribution is -2.17. The highest BCUT2D eigenvalue weighted by atomic mass is 19.1. The Kier molecular flexibility index (Phi) is 4.79. The summed E-state index contributed by atoms with van der Waals surface area (Å²) >= 11 is 0. The van der Waals surface area contributed by atoms with Gasteiger partial charge in [-0.1, -0.05) is 31.2 Å². The smallest absolute Gasteiger partial charge is 0.293 e. The third kappa shape index (κ3) is 3.52. The third-order valence-corrected chi connectivity index (χ3v) is 3.67. The average Bonchev–Trinajstić information content (AvgIpc) is 2.96. The van der Waals surface area contributed by atoms with Crippen LogP contribution in [0.2, 0.25) is 0 Å². The molecule has 0 aliphatic rings. The molecule has 128 valence electrons. The number of hydrogen-bond donors (Lipinski definition) is 2. The van der Waals surface area contributed by atoms with E-state index in [0.717, 1.165) is 0 Å². The maximum Gasteiger partial charge on any atom is 0.293 e. The highest BCUT2D eigenvalue weighted by molar-refractivity contribution is 6.14. The molecule has 1 aromatic heterocycles. The van der Waals surface area contributed by atoms with Crippen molar-refractivity contribution in [3.63, 3.8) is 0 Å². The monoisotopic (exact) mass is 340 g/mol. The van der Waals surface area contributed by atoms with Crippen molar-refractivity contribution < 1.29 is 18.4 Å². The van der Waals surface area contributed by atoms with Gasteiger partial charge in [-0.2, -0.15) is 0 Å². The number of hydrogen-bond acceptors (Lipinski definition) is 3. The SMILES string of the molecule is CCCC(=O)Nc1c(C(=O)Nc2ccccc2F)oc2ccccc12. The number of halogens is 1. The second kappa shape index (κ2) is 7.17. The molecule has 0 saturated carbocycles. The molecule has 1 heterocycles. The first-order valence-electron chi connectivity index (χ1n) is 7.97. The van der Waals surface area contributed by atoms with Gasteiger partial charge < -0.3 is 15.1 Å². The molecule has 2 aromatic carbocycles. The van der Waals surface area contributed by atoms with E-state index < -0.39 is 11.7 Å². The third-order valence-electron chi connectivity index (χ3n) is 3.67. The zero-order chi connectivity index (χ0) is 17.8. The zero-order valence-corrected chi connectivity index (χ0v) is 13.6. The fraction of sp³-hybridized carbons (Fsp3) is 0.158. The van der Waals surface area contributed by atoms with Crippen molar-refractivity contribution in [1.29, 1.82) is 0 Å². The van der Waals surface area contributed by atoms with Gasteiger partial charge in [-0.25, -0.2) is 4.39 Å². The van der Waals surface area contributed by atoms with Crippen molar-refractivity contribution >= 4 is 34.2 Å². The van der Waals surface area contributed by atoms with Gasteiger partial charge in [0, 0.05) is 11.8 Å². The maximum absolute atomic E-state index is 13.8. The van der Waals surface area contributed by atoms with E-state index in [1.54, 1.807) is 30.3 Å². The summed E-state index contributed by atoms with van der Waals surface area (Å²) < 4.78 is 19.4. The van der Waals surface area contributed by atoms with Crippen molar-refractivity contribution in [2.45, 2.75) is 19.8 Å². The maximum atomic E-state index is 13.8. The molecule has 3 rings (SSSR count). The van der Waals surface area contributed by atoms with E-state index in [9.17, 15) is 14.0 Å². The van der Waals surface area contributed by atoms with Crippen LogP contribution in [0.3, 0.4) is 0 Å². The summed E-state index contributed by atoms with van der Waals surface area (Å²) in [4.78, 5) is 24.6. The predicted molar refractivity (Wildman–Crippen MR) is 94.1 cm³/mol. The summed E-state index contributed by atoms with van der Waals surface area (Å²) in [6.07, 6.45) is 1.01. The van der Waals surface area contributed by atoms with E-state index in [1.165, 1.54) is 18.2 Å². The zero-order valence-electron chi connectivity index (χ0n) is 13.6. The predicted octanol–water partition coefficient (Wildman–Crippen LogP) is 4.56. The summed E-state index contributed by atoms with van der Waals surface area (Å²) in [7, 11) is 0. The van der Waals surface area contributed by atoms with Gasteiger partial charge in [-0.15, -0.1) is 0 Å². The Morgan fingerprint density at radius 3 is 2.52 bits per heavy atom. The van der Waals surface area contributed by atoms with Crippen LogP contribution in [0.15, 0.2) is 52.9 Å². The van der Waals surface area contributed by atoms with Crippen LogP contribution in [0.25, 0.3) is 11.0 Å². The number of rotatable bonds is 5. The lowest BCUT2D eigenvalue weighted by Gasteiger charge is -2.07. The van der Waals surface area contributed by atoms with Crippen molar-refractivity contribution in [3.8, 4) is 0 Å². The van der Waals surface area contributed by atoms with Crippen molar-refractivity contribution in [2.75, 3.05) is 10.6 Å². The number of furan rings is 1. The molecule has 25 heavy (non-hydrogen) atoms. The van der Waals surface area contributed by atoms with Crippen molar-refractivity contribution in [1.82, 2.24) is 0 Å². The van der Waals surface area contributed by atoms with E-state index in [0.29, 0.717) is 29.5 Å². The Balaban J connectivity index is 1.98. The fourth-order valence-corrected chi connectivity index (χ4v) is 2.50. The minimum Gasteiger partial charge on any atom is -0.449 e. The first-order chi connectivity index (χ1) is 12.1. The van der Waals surface area contributed by atoms with E-state index in [-0.39, 0.29) is 17.4 Å². The molecular formula is C19H17FN2O3. The van der Waals surface area contributed by atoms with E-state index in [4.69, 9.17) is 4.42 Å². The number of nitrogens with one attached hydrogen (secondary N) is 2. The second-order valence-electron chi connectivity index (χ2n) is 5.53. The Morgan fingerprint density at radius 1 is 1.04 bits per heavy atom. The molecule has 0 bridgehead atoms. The number of anilines is 2. The Labute approximate surface area is 143 Å². The van der Waals surface area contributed by atoms with E-state index in [1.807, 2.05) is 6.92 Å². The molecule has 3 aromatic rings. The fourth-order valence-electron chi connectivity index (χ4n) is 2.50. The molecule has 5 nitrogen and oxygen atoms in total. The van der Waals surface area contributed by atoms with Crippen LogP contribution in [0.1, 0.15) is 30.3 Å². The van der Waals surface area contributed by atoms with Gasteiger partial charge in [0.05, 0.1) is 5.69 Å². The van der Waals surface area contributed by atoms with Gasteiger partial charge in [0.25, 0.3) is 5.91 Å². The topological polar surface area (TPSA) is 71.3 Å². The first kappa shape index (κ1) is 16.7. The number of fused-ring (bicyclic) bond motifs is 1. The van der Waals surface area contributed by atoms with Crippen LogP contribution in [0.4, 0.5) is 15.8 Å². The number of amides is 2. The normalized spacial score (nSPS) is 10.6. The van der Waals surface area contributed by atoms with Crippen molar-refractivity contribution in [2.24, 2.45) is 0 Å². The van der Waals surface area contributed by atoms with Gasteiger partial charge in [-0.05, 0) is 30.7 Å². The molecule has 2 amide bonds. The summed E-state index contributed by atoms with van der Waals surface area (Å²) in [6, 6.07) is 12.8. The minimum atomic E-state index is -0.631. The molecule has 0 unspecified atom stereocenters. The van der Waals surface area contributed by atoms with E-state index >= 15 is 0 Å².